The van der Waals surface area contributed by atoms with Crippen LogP contribution in [-0.2, 0) is 16.6 Å². The fourth-order valence-electron chi connectivity index (χ4n) is 6.01. The second-order valence-corrected chi connectivity index (χ2v) is 14.5. The highest BCUT2D eigenvalue weighted by atomic mass is 32.2. The van der Waals surface area contributed by atoms with E-state index in [0.717, 1.165) is 47.0 Å². The summed E-state index contributed by atoms with van der Waals surface area (Å²) in [5.74, 6) is -0.226. The number of nitrogens with one attached hydrogen (secondary N) is 1. The molecule has 1 amide bonds. The minimum absolute atomic E-state index is 0.224. The van der Waals surface area contributed by atoms with E-state index in [9.17, 15) is 13.2 Å². The molecule has 1 aliphatic heterocycles. The highest BCUT2D eigenvalue weighted by molar-refractivity contribution is 7.89. The Morgan fingerprint density at radius 2 is 1.84 bits per heavy atom. The number of aromatic nitrogens is 1. The number of nitrogens with two attached hydrogens (primary N) is 1. The van der Waals surface area contributed by atoms with Gasteiger partial charge in [0.25, 0.3) is 5.91 Å². The Labute approximate surface area is 224 Å². The molecule has 3 N–H and O–H groups in total. The van der Waals surface area contributed by atoms with E-state index in [2.05, 4.69) is 34.4 Å². The molecule has 5 rings (SSSR count). The third-order valence-electron chi connectivity index (χ3n) is 8.28. The van der Waals surface area contributed by atoms with Crippen molar-refractivity contribution in [1.82, 2.24) is 14.2 Å². The maximum absolute atomic E-state index is 12.6. The first-order valence-corrected chi connectivity index (χ1v) is 15.7. The molecule has 2 fully saturated rings. The second-order valence-electron chi connectivity index (χ2n) is 11.0. The Morgan fingerprint density at radius 3 is 2.49 bits per heavy atom. The van der Waals surface area contributed by atoms with Crippen molar-refractivity contribution in [2.75, 3.05) is 20.1 Å². The van der Waals surface area contributed by atoms with Gasteiger partial charge in [0.05, 0.1) is 16.3 Å². The second kappa shape index (κ2) is 10.5. The average Bonchev–Trinajstić information content (AvgIpc) is 3.64. The summed E-state index contributed by atoms with van der Waals surface area (Å²) in [6.45, 7) is 5.44. The number of rotatable bonds is 8. The summed E-state index contributed by atoms with van der Waals surface area (Å²) in [5.41, 5.74) is 10.3. The summed E-state index contributed by atoms with van der Waals surface area (Å²) in [5, 5.41) is 2.77. The van der Waals surface area contributed by atoms with E-state index >= 15 is 0 Å². The van der Waals surface area contributed by atoms with Gasteiger partial charge in [0.2, 0.25) is 10.0 Å². The molecule has 3 heterocycles. The molecule has 0 bridgehead atoms. The Kier molecular flexibility index (Phi) is 7.51. The van der Waals surface area contributed by atoms with Crippen molar-refractivity contribution in [3.05, 3.63) is 45.8 Å². The zero-order chi connectivity index (χ0) is 26.3. The molecule has 0 spiro atoms. The summed E-state index contributed by atoms with van der Waals surface area (Å²) in [7, 11) is -1.03. The predicted molar refractivity (Wildman–Crippen MR) is 151 cm³/mol. The van der Waals surface area contributed by atoms with Crippen molar-refractivity contribution >= 4 is 38.2 Å². The number of nitrogens with zero attached hydrogens (tertiary/aromatic N) is 2. The molecule has 2 aromatic heterocycles. The van der Waals surface area contributed by atoms with Crippen LogP contribution < -0.4 is 5.73 Å². The number of amides is 1. The Hall–Kier alpha value is -2.20. The van der Waals surface area contributed by atoms with E-state index in [1.807, 2.05) is 12.3 Å². The summed E-state index contributed by atoms with van der Waals surface area (Å²) in [4.78, 5) is 19.5. The number of thiophene rings is 1. The monoisotopic (exact) mass is 542 g/mol. The third-order valence-corrected chi connectivity index (χ3v) is 11.5. The van der Waals surface area contributed by atoms with Crippen LogP contribution >= 0.6 is 11.3 Å². The van der Waals surface area contributed by atoms with Crippen molar-refractivity contribution in [1.29, 1.82) is 0 Å². The van der Waals surface area contributed by atoms with Gasteiger partial charge in [0.1, 0.15) is 0 Å². The maximum atomic E-state index is 12.6. The van der Waals surface area contributed by atoms with E-state index in [1.165, 1.54) is 30.6 Å². The van der Waals surface area contributed by atoms with Crippen LogP contribution in [0.1, 0.15) is 79.1 Å². The molecule has 0 atom stereocenters. The number of carbonyl (C=O) groups is 1. The number of carbonyl (C=O) groups excluding carboxylic acids is 1. The fourth-order valence-corrected chi connectivity index (χ4v) is 8.28. The number of benzene rings is 1. The lowest BCUT2D eigenvalue weighted by Crippen LogP contribution is -2.41. The number of sulfonamides is 1. The first-order chi connectivity index (χ1) is 17.6. The lowest BCUT2D eigenvalue weighted by molar-refractivity contribution is 0.100. The third kappa shape index (κ3) is 5.24. The quantitative estimate of drug-likeness (QED) is 0.404. The van der Waals surface area contributed by atoms with Crippen LogP contribution in [0.15, 0.2) is 29.8 Å². The highest BCUT2D eigenvalue weighted by Crippen LogP contribution is 2.38. The number of fused-ring (bicyclic) bond motifs is 1. The summed E-state index contributed by atoms with van der Waals surface area (Å²) < 4.78 is 26.9. The number of piperidine rings is 1. The van der Waals surface area contributed by atoms with E-state index in [1.54, 1.807) is 29.5 Å². The standard InChI is InChI=1S/C28H38N4O3S2/c1-18(2)37(34,35)32-10-8-19(9-11-32)26-15-30-27-24(26)13-20(14-25(27)28(29)33)21-12-23(36-17-21)16-31(3)22-6-4-5-7-22/h12-15,17-19,22,30H,4-11,16H2,1-3H3,(H2,29,33). The average molecular weight is 543 g/mol. The van der Waals surface area contributed by atoms with Gasteiger partial charge in [-0.25, -0.2) is 12.7 Å². The first-order valence-electron chi connectivity index (χ1n) is 13.4. The van der Waals surface area contributed by atoms with E-state index in [-0.39, 0.29) is 5.92 Å². The zero-order valence-corrected chi connectivity index (χ0v) is 23.6. The minimum atomic E-state index is -3.25. The van der Waals surface area contributed by atoms with Gasteiger partial charge in [0, 0.05) is 42.1 Å². The molecule has 37 heavy (non-hydrogen) atoms. The van der Waals surface area contributed by atoms with Crippen LogP contribution in [0.2, 0.25) is 0 Å². The molecule has 3 aromatic rings. The van der Waals surface area contributed by atoms with Gasteiger partial charge >= 0.3 is 0 Å². The highest BCUT2D eigenvalue weighted by Gasteiger charge is 2.32. The van der Waals surface area contributed by atoms with Crippen molar-refractivity contribution in [2.45, 2.75) is 76.1 Å². The van der Waals surface area contributed by atoms with Crippen molar-refractivity contribution in [3.63, 3.8) is 0 Å². The SMILES string of the molecule is CC(C)S(=O)(=O)N1CCC(c2c[nH]c3c(C(N)=O)cc(-c4csc(CN(C)C5CCCC5)c4)cc23)CC1. The van der Waals surface area contributed by atoms with Gasteiger partial charge < -0.3 is 10.7 Å². The van der Waals surface area contributed by atoms with Crippen LogP contribution in [0.3, 0.4) is 0 Å². The van der Waals surface area contributed by atoms with Crippen LogP contribution in [0, 0.1) is 0 Å². The number of H-pyrrole nitrogens is 1. The molecular formula is C28H38N4O3S2. The van der Waals surface area contributed by atoms with Crippen LogP contribution in [0.4, 0.5) is 0 Å². The number of primary amides is 1. The van der Waals surface area contributed by atoms with Crippen molar-refractivity contribution in [2.24, 2.45) is 5.73 Å². The molecule has 1 aromatic carbocycles. The molecular weight excluding hydrogens is 504 g/mol. The normalized spacial score (nSPS) is 18.5. The fraction of sp³-hybridized carbons (Fsp3) is 0.536. The van der Waals surface area contributed by atoms with E-state index in [4.69, 9.17) is 5.73 Å². The molecule has 0 radical (unpaired) electrons. The van der Waals surface area contributed by atoms with Gasteiger partial charge in [-0.1, -0.05) is 12.8 Å². The predicted octanol–water partition coefficient (Wildman–Crippen LogP) is 5.29. The summed E-state index contributed by atoms with van der Waals surface area (Å²) >= 11 is 1.76. The van der Waals surface area contributed by atoms with Gasteiger partial charge in [-0.2, -0.15) is 0 Å². The molecule has 2 aliphatic rings. The number of hydrogen-bond acceptors (Lipinski definition) is 5. The Bertz CT molecular complexity index is 1380. The topological polar surface area (TPSA) is 99.5 Å². The summed E-state index contributed by atoms with van der Waals surface area (Å²) in [6.07, 6.45) is 8.71. The number of hydrogen-bond donors (Lipinski definition) is 2. The first kappa shape index (κ1) is 26.4. The van der Waals surface area contributed by atoms with Gasteiger partial charge in [0.15, 0.2) is 0 Å². The van der Waals surface area contributed by atoms with Crippen LogP contribution in [0.5, 0.6) is 0 Å². The van der Waals surface area contributed by atoms with Crippen molar-refractivity contribution in [3.8, 4) is 11.1 Å². The molecule has 9 heteroatoms. The molecule has 0 unspecified atom stereocenters. The van der Waals surface area contributed by atoms with Gasteiger partial charge in [-0.05, 0) is 92.8 Å². The zero-order valence-electron chi connectivity index (χ0n) is 22.0. The summed E-state index contributed by atoms with van der Waals surface area (Å²) in [6, 6.07) is 6.98. The van der Waals surface area contributed by atoms with Crippen LogP contribution in [0.25, 0.3) is 22.0 Å². The Morgan fingerprint density at radius 1 is 1.14 bits per heavy atom. The van der Waals surface area contributed by atoms with Gasteiger partial charge in [-0.3, -0.25) is 9.69 Å². The van der Waals surface area contributed by atoms with E-state index in [0.29, 0.717) is 24.7 Å². The molecule has 1 aliphatic carbocycles. The van der Waals surface area contributed by atoms with Gasteiger partial charge in [-0.15, -0.1) is 11.3 Å². The Balaban J connectivity index is 1.42. The van der Waals surface area contributed by atoms with E-state index < -0.39 is 21.2 Å². The smallest absolute Gasteiger partial charge is 0.250 e. The van der Waals surface area contributed by atoms with Crippen LogP contribution in [-0.4, -0.2) is 59.9 Å². The number of aromatic amines is 1. The largest absolute Gasteiger partial charge is 0.366 e. The lowest BCUT2D eigenvalue weighted by atomic mass is 9.88. The van der Waals surface area contributed by atoms with Crippen molar-refractivity contribution < 1.29 is 13.2 Å². The molecule has 7 nitrogen and oxygen atoms in total. The molecule has 1 saturated carbocycles. The lowest BCUT2D eigenvalue weighted by Gasteiger charge is -2.32. The molecule has 1 saturated heterocycles. The maximum Gasteiger partial charge on any atom is 0.250 e. The molecule has 200 valence electrons. The minimum Gasteiger partial charge on any atom is -0.366 e.